The van der Waals surface area contributed by atoms with Gasteiger partial charge in [0.1, 0.15) is 33.4 Å². The average Bonchev–Trinajstić information content (AvgIpc) is 3.45. The third-order valence-corrected chi connectivity index (χ3v) is 7.72. The topological polar surface area (TPSA) is 139 Å². The Labute approximate surface area is 217 Å². The number of nitrogens with one attached hydrogen (secondary N) is 3. The van der Waals surface area contributed by atoms with Gasteiger partial charge in [0.05, 0.1) is 18.7 Å². The van der Waals surface area contributed by atoms with Crippen molar-refractivity contribution in [3.8, 4) is 0 Å². The Bertz CT molecular complexity index is 1040. The van der Waals surface area contributed by atoms with Gasteiger partial charge in [0.2, 0.25) is 17.7 Å². The molecule has 0 radical (unpaired) electrons. The summed E-state index contributed by atoms with van der Waals surface area (Å²) in [6.07, 6.45) is 2.13. The lowest BCUT2D eigenvalue weighted by Crippen LogP contribution is -2.53. The highest BCUT2D eigenvalue weighted by atomic mass is 32.2. The number of thioether (sulfide) groups is 1. The number of ether oxygens (including phenoxy) is 1. The summed E-state index contributed by atoms with van der Waals surface area (Å²) in [5.74, 6) is -1.41. The molecule has 1 aromatic rings. The number of aliphatic imine (C=N–C) groups is 1. The molecule has 0 unspecified atom stereocenters. The maximum Gasteiger partial charge on any atom is 0.329 e. The molecule has 35 heavy (non-hydrogen) atoms. The smallest absolute Gasteiger partial charge is 0.329 e. The summed E-state index contributed by atoms with van der Waals surface area (Å²) in [4.78, 5) is 59.4. The lowest BCUT2D eigenvalue weighted by atomic mass is 10.0. The number of esters is 1. The zero-order chi connectivity index (χ0) is 25.6. The summed E-state index contributed by atoms with van der Waals surface area (Å²) in [7, 11) is 0. The molecule has 3 heterocycles. The van der Waals surface area contributed by atoms with Crippen molar-refractivity contribution < 1.29 is 23.9 Å². The molecule has 0 saturated heterocycles. The number of cyclic esters (lactones) is 1. The van der Waals surface area contributed by atoms with Crippen molar-refractivity contribution in [2.24, 2.45) is 10.9 Å². The van der Waals surface area contributed by atoms with Crippen LogP contribution in [0.2, 0.25) is 0 Å². The van der Waals surface area contributed by atoms with Crippen LogP contribution in [-0.2, 0) is 30.5 Å². The zero-order valence-corrected chi connectivity index (χ0v) is 22.2. The Morgan fingerprint density at radius 3 is 2.89 bits per heavy atom. The van der Waals surface area contributed by atoms with E-state index in [0.717, 1.165) is 0 Å². The largest absolute Gasteiger partial charge is 0.456 e. The lowest BCUT2D eigenvalue weighted by Gasteiger charge is -2.27. The molecule has 0 aliphatic carbocycles. The number of rotatable bonds is 5. The van der Waals surface area contributed by atoms with Crippen LogP contribution in [0.15, 0.2) is 22.5 Å². The second kappa shape index (κ2) is 12.0. The lowest BCUT2D eigenvalue weighted by molar-refractivity contribution is -0.153. The number of aromatic nitrogens is 1. The zero-order valence-electron chi connectivity index (χ0n) is 19.7. The third kappa shape index (κ3) is 7.31. The number of carbonyl (C=O) groups excluding carboxylic acids is 4. The van der Waals surface area contributed by atoms with Crippen LogP contribution in [0, 0.1) is 5.92 Å². The summed E-state index contributed by atoms with van der Waals surface area (Å²) in [6, 6.07) is -0.926. The minimum Gasteiger partial charge on any atom is -0.456 e. The molecule has 190 valence electrons. The standard InChI is InChI=1S/C22H29N5O5S3/c1-12(2)18-20(30)32-13(5-4-6-23-16(29)9-33)7-15(28)24-8-17-25-14(10-34-17)19-27-22(3,11-35-19)21(31)26-18/h4-5,10,12-13,18,33H,6-9,11H2,1-3H3,(H,23,29)(H,24,28)(H,26,31)/b5-4+/t13-,18+,22+/m1/s1. The van der Waals surface area contributed by atoms with Crippen molar-refractivity contribution in [3.05, 3.63) is 28.2 Å². The Kier molecular flexibility index (Phi) is 9.36. The molecule has 3 rings (SSSR count). The first-order valence-electron chi connectivity index (χ1n) is 11.1. The molecule has 4 bridgehead atoms. The fourth-order valence-corrected chi connectivity index (χ4v) is 5.32. The first kappa shape index (κ1) is 27.2. The highest BCUT2D eigenvalue weighted by molar-refractivity contribution is 8.14. The predicted octanol–water partition coefficient (Wildman–Crippen LogP) is 1.07. The van der Waals surface area contributed by atoms with E-state index < -0.39 is 23.7 Å². The van der Waals surface area contributed by atoms with E-state index in [9.17, 15) is 19.2 Å². The Morgan fingerprint density at radius 2 is 2.17 bits per heavy atom. The van der Waals surface area contributed by atoms with Gasteiger partial charge in [0.15, 0.2) is 0 Å². The van der Waals surface area contributed by atoms with Crippen LogP contribution in [0.3, 0.4) is 0 Å². The van der Waals surface area contributed by atoms with Gasteiger partial charge in [-0.3, -0.25) is 19.4 Å². The molecule has 2 aliphatic heterocycles. The molecule has 0 saturated carbocycles. The van der Waals surface area contributed by atoms with Crippen molar-refractivity contribution in [2.75, 3.05) is 18.1 Å². The molecule has 13 heteroatoms. The van der Waals surface area contributed by atoms with Gasteiger partial charge in [0, 0.05) is 17.7 Å². The Balaban J connectivity index is 1.86. The highest BCUT2D eigenvalue weighted by Crippen LogP contribution is 2.32. The normalized spacial score (nSPS) is 25.7. The molecule has 3 atom stereocenters. The van der Waals surface area contributed by atoms with E-state index >= 15 is 0 Å². The highest BCUT2D eigenvalue weighted by Gasteiger charge is 2.41. The van der Waals surface area contributed by atoms with Crippen molar-refractivity contribution in [1.82, 2.24) is 20.9 Å². The summed E-state index contributed by atoms with van der Waals surface area (Å²) >= 11 is 6.72. The van der Waals surface area contributed by atoms with Gasteiger partial charge in [-0.25, -0.2) is 9.78 Å². The number of carbonyl (C=O) groups is 4. The van der Waals surface area contributed by atoms with E-state index in [-0.39, 0.29) is 48.9 Å². The summed E-state index contributed by atoms with van der Waals surface area (Å²) < 4.78 is 5.64. The van der Waals surface area contributed by atoms with Gasteiger partial charge in [-0.2, -0.15) is 12.6 Å². The van der Waals surface area contributed by atoms with E-state index in [4.69, 9.17) is 4.74 Å². The van der Waals surface area contributed by atoms with Crippen molar-refractivity contribution in [1.29, 1.82) is 0 Å². The Hall–Kier alpha value is -2.38. The van der Waals surface area contributed by atoms with Gasteiger partial charge < -0.3 is 20.7 Å². The molecule has 10 nitrogen and oxygen atoms in total. The van der Waals surface area contributed by atoms with Crippen LogP contribution >= 0.6 is 35.7 Å². The molecule has 3 N–H and O–H groups in total. The van der Waals surface area contributed by atoms with Crippen LogP contribution in [0.25, 0.3) is 0 Å². The quantitative estimate of drug-likeness (QED) is 0.249. The molecule has 1 aromatic heterocycles. The second-order valence-electron chi connectivity index (χ2n) is 8.65. The molecule has 0 fully saturated rings. The maximum absolute atomic E-state index is 13.2. The summed E-state index contributed by atoms with van der Waals surface area (Å²) in [5.41, 5.74) is -0.385. The van der Waals surface area contributed by atoms with E-state index in [1.807, 2.05) is 5.38 Å². The van der Waals surface area contributed by atoms with E-state index in [2.05, 4.69) is 38.6 Å². The van der Waals surface area contributed by atoms with Crippen molar-refractivity contribution >= 4 is 64.5 Å². The molecule has 0 spiro atoms. The molecule has 2 aliphatic rings. The third-order valence-electron chi connectivity index (χ3n) is 5.31. The summed E-state index contributed by atoms with van der Waals surface area (Å²) in [6.45, 7) is 5.73. The van der Waals surface area contributed by atoms with Crippen molar-refractivity contribution in [2.45, 2.75) is 51.4 Å². The number of hydrogen-bond donors (Lipinski definition) is 4. The van der Waals surface area contributed by atoms with Crippen LogP contribution in [-0.4, -0.2) is 69.5 Å². The molecular weight excluding hydrogens is 510 g/mol. The summed E-state index contributed by atoms with van der Waals surface area (Å²) in [5, 5.41) is 11.4. The van der Waals surface area contributed by atoms with Gasteiger partial charge in [-0.1, -0.05) is 19.9 Å². The number of fused-ring (bicyclic) bond motifs is 4. The number of hydrogen-bond acceptors (Lipinski definition) is 10. The van der Waals surface area contributed by atoms with E-state index in [1.54, 1.807) is 32.9 Å². The van der Waals surface area contributed by atoms with Crippen molar-refractivity contribution in [3.63, 3.8) is 0 Å². The Morgan fingerprint density at radius 1 is 1.40 bits per heavy atom. The number of nitrogens with zero attached hydrogens (tertiary/aromatic N) is 2. The first-order valence-corrected chi connectivity index (χ1v) is 13.6. The average molecular weight is 540 g/mol. The van der Waals surface area contributed by atoms with Gasteiger partial charge in [0.25, 0.3) is 0 Å². The second-order valence-corrected chi connectivity index (χ2v) is 10.9. The SMILES string of the molecule is CC(C)[C@@H]1NC(=O)[C@]2(C)CSC(=N2)c2csc(n2)CNC(=O)C[C@@H](/C=C/CNC(=O)CS)OC1=O. The van der Waals surface area contributed by atoms with Gasteiger partial charge in [-0.15, -0.1) is 23.1 Å². The fourth-order valence-electron chi connectivity index (χ4n) is 3.28. The van der Waals surface area contributed by atoms with Gasteiger partial charge in [-0.05, 0) is 18.9 Å². The van der Waals surface area contributed by atoms with Crippen LogP contribution in [0.4, 0.5) is 0 Å². The predicted molar refractivity (Wildman–Crippen MR) is 139 cm³/mol. The number of thiazole rings is 1. The maximum atomic E-state index is 13.2. The molecule has 3 amide bonds. The minimum atomic E-state index is -1.05. The van der Waals surface area contributed by atoms with E-state index in [1.165, 1.54) is 23.1 Å². The van der Waals surface area contributed by atoms with E-state index in [0.29, 0.717) is 21.5 Å². The number of thiol groups is 1. The van der Waals surface area contributed by atoms with Crippen LogP contribution in [0.1, 0.15) is 37.9 Å². The van der Waals surface area contributed by atoms with Crippen LogP contribution < -0.4 is 16.0 Å². The monoisotopic (exact) mass is 539 g/mol. The fraction of sp³-hybridized carbons (Fsp3) is 0.545. The van der Waals surface area contributed by atoms with Crippen LogP contribution in [0.5, 0.6) is 0 Å². The molecular formula is C22H29N5O5S3. The number of amides is 3. The first-order chi connectivity index (χ1) is 16.6. The minimum absolute atomic E-state index is 0.0475. The van der Waals surface area contributed by atoms with Gasteiger partial charge >= 0.3 is 5.97 Å². The molecule has 0 aromatic carbocycles.